The Morgan fingerprint density at radius 3 is 2.64 bits per heavy atom. The van der Waals surface area contributed by atoms with Crippen LogP contribution in [0.25, 0.3) is 0 Å². The molecule has 1 saturated heterocycles. The molecule has 1 heterocycles. The summed E-state index contributed by atoms with van der Waals surface area (Å²) in [5.74, 6) is -2.25. The number of ketones is 1. The first-order chi connectivity index (χ1) is 10.6. The molecule has 0 radical (unpaired) electrons. The number of aliphatic carboxylic acids is 1. The van der Waals surface area contributed by atoms with Crippen LogP contribution in [0.4, 0.5) is 4.39 Å². The molecular formula is C16H21FN2O3. The van der Waals surface area contributed by atoms with Crippen molar-refractivity contribution in [1.82, 2.24) is 10.2 Å². The molecule has 1 aliphatic rings. The lowest BCUT2D eigenvalue weighted by molar-refractivity contribution is -0.137. The Labute approximate surface area is 129 Å². The van der Waals surface area contributed by atoms with E-state index in [0.29, 0.717) is 12.1 Å². The molecule has 6 heteroatoms. The molecule has 120 valence electrons. The lowest BCUT2D eigenvalue weighted by Crippen LogP contribution is -2.36. The highest BCUT2D eigenvalue weighted by atomic mass is 19.1. The summed E-state index contributed by atoms with van der Waals surface area (Å²) in [5, 5.41) is 12.3. The number of hydrogen-bond donors (Lipinski definition) is 2. The Morgan fingerprint density at radius 2 is 1.95 bits per heavy atom. The SMILES string of the molecule is O=C(O)CC(CN1CCCNCC1)C(=O)c1ccc(F)cc1. The second kappa shape index (κ2) is 8.00. The van der Waals surface area contributed by atoms with E-state index in [2.05, 4.69) is 10.2 Å². The van der Waals surface area contributed by atoms with Crippen molar-refractivity contribution in [3.63, 3.8) is 0 Å². The normalized spacial score (nSPS) is 17.7. The van der Waals surface area contributed by atoms with Crippen molar-refractivity contribution in [3.8, 4) is 0 Å². The lowest BCUT2D eigenvalue weighted by atomic mass is 9.94. The predicted molar refractivity (Wildman–Crippen MR) is 80.4 cm³/mol. The minimum absolute atomic E-state index is 0.208. The van der Waals surface area contributed by atoms with Gasteiger partial charge < -0.3 is 15.3 Å². The highest BCUT2D eigenvalue weighted by molar-refractivity contribution is 5.99. The van der Waals surface area contributed by atoms with Crippen LogP contribution in [-0.4, -0.2) is 54.5 Å². The summed E-state index contributed by atoms with van der Waals surface area (Å²) in [6.45, 7) is 3.84. The summed E-state index contributed by atoms with van der Waals surface area (Å²) >= 11 is 0. The third-order valence-electron chi connectivity index (χ3n) is 3.83. The standard InChI is InChI=1S/C16H21FN2O3/c17-14-4-2-12(3-5-14)16(22)13(10-15(20)21)11-19-8-1-6-18-7-9-19/h2-5,13,18H,1,6-11H2,(H,20,21). The molecule has 1 atom stereocenters. The minimum Gasteiger partial charge on any atom is -0.481 e. The summed E-state index contributed by atoms with van der Waals surface area (Å²) in [4.78, 5) is 25.7. The number of halogens is 1. The fourth-order valence-corrected chi connectivity index (χ4v) is 2.70. The van der Waals surface area contributed by atoms with E-state index in [0.717, 1.165) is 32.6 Å². The molecule has 1 aromatic rings. The second-order valence-electron chi connectivity index (χ2n) is 5.57. The highest BCUT2D eigenvalue weighted by Crippen LogP contribution is 2.16. The van der Waals surface area contributed by atoms with Gasteiger partial charge in [0.15, 0.2) is 5.78 Å². The Bertz CT molecular complexity index is 511. The van der Waals surface area contributed by atoms with Crippen molar-refractivity contribution in [2.24, 2.45) is 5.92 Å². The van der Waals surface area contributed by atoms with Crippen molar-refractivity contribution in [1.29, 1.82) is 0 Å². The number of hydrogen-bond acceptors (Lipinski definition) is 4. The van der Waals surface area contributed by atoms with Gasteiger partial charge in [0.1, 0.15) is 5.82 Å². The van der Waals surface area contributed by atoms with E-state index in [9.17, 15) is 14.0 Å². The van der Waals surface area contributed by atoms with Gasteiger partial charge in [-0.1, -0.05) is 0 Å². The molecule has 1 aromatic carbocycles. The summed E-state index contributed by atoms with van der Waals surface area (Å²) in [6.07, 6.45) is 0.769. The maximum atomic E-state index is 13.0. The molecule has 5 nitrogen and oxygen atoms in total. The number of carbonyl (C=O) groups is 2. The molecule has 0 saturated carbocycles. The number of nitrogens with one attached hydrogen (secondary N) is 1. The van der Waals surface area contributed by atoms with Crippen LogP contribution in [-0.2, 0) is 4.79 Å². The van der Waals surface area contributed by atoms with Crippen LogP contribution >= 0.6 is 0 Å². The number of nitrogens with zero attached hydrogens (tertiary/aromatic N) is 1. The summed E-state index contributed by atoms with van der Waals surface area (Å²) in [6, 6.07) is 5.27. The molecule has 22 heavy (non-hydrogen) atoms. The number of benzene rings is 1. The fourth-order valence-electron chi connectivity index (χ4n) is 2.70. The number of rotatable bonds is 6. The molecular weight excluding hydrogens is 287 g/mol. The average molecular weight is 308 g/mol. The topological polar surface area (TPSA) is 69.6 Å². The molecule has 0 bridgehead atoms. The van der Waals surface area contributed by atoms with Crippen LogP contribution < -0.4 is 5.32 Å². The van der Waals surface area contributed by atoms with Gasteiger partial charge in [-0.15, -0.1) is 0 Å². The lowest BCUT2D eigenvalue weighted by Gasteiger charge is -2.24. The van der Waals surface area contributed by atoms with Crippen molar-refractivity contribution in [2.45, 2.75) is 12.8 Å². The third-order valence-corrected chi connectivity index (χ3v) is 3.83. The first kappa shape index (κ1) is 16.6. The molecule has 0 spiro atoms. The van der Waals surface area contributed by atoms with Gasteiger partial charge in [-0.2, -0.15) is 0 Å². The Morgan fingerprint density at radius 1 is 1.23 bits per heavy atom. The molecule has 2 N–H and O–H groups in total. The van der Waals surface area contributed by atoms with Crippen molar-refractivity contribution >= 4 is 11.8 Å². The van der Waals surface area contributed by atoms with E-state index in [1.54, 1.807) is 0 Å². The predicted octanol–water partition coefficient (Wildman–Crippen LogP) is 1.39. The van der Waals surface area contributed by atoms with Gasteiger partial charge in [0.25, 0.3) is 0 Å². The van der Waals surface area contributed by atoms with Gasteiger partial charge in [0, 0.05) is 31.1 Å². The van der Waals surface area contributed by atoms with Crippen LogP contribution in [0.2, 0.25) is 0 Å². The summed E-state index contributed by atoms with van der Waals surface area (Å²) in [7, 11) is 0. The van der Waals surface area contributed by atoms with Gasteiger partial charge >= 0.3 is 5.97 Å². The first-order valence-electron chi connectivity index (χ1n) is 7.51. The number of carbonyl (C=O) groups excluding carboxylic acids is 1. The van der Waals surface area contributed by atoms with E-state index in [-0.39, 0.29) is 12.2 Å². The smallest absolute Gasteiger partial charge is 0.304 e. The Kier molecular flexibility index (Phi) is 6.03. The van der Waals surface area contributed by atoms with E-state index in [4.69, 9.17) is 5.11 Å². The summed E-state index contributed by atoms with van der Waals surface area (Å²) < 4.78 is 13.0. The molecule has 1 fully saturated rings. The van der Waals surface area contributed by atoms with Crippen LogP contribution in [0, 0.1) is 11.7 Å². The molecule has 0 amide bonds. The van der Waals surface area contributed by atoms with Gasteiger partial charge in [-0.25, -0.2) is 4.39 Å². The van der Waals surface area contributed by atoms with Crippen LogP contribution in [0.1, 0.15) is 23.2 Å². The van der Waals surface area contributed by atoms with Crippen molar-refractivity contribution in [2.75, 3.05) is 32.7 Å². The van der Waals surface area contributed by atoms with Gasteiger partial charge in [-0.05, 0) is 43.8 Å². The number of carboxylic acids is 1. The molecule has 0 aromatic heterocycles. The van der Waals surface area contributed by atoms with Gasteiger partial charge in [0.05, 0.1) is 6.42 Å². The van der Waals surface area contributed by atoms with Crippen LogP contribution in [0.5, 0.6) is 0 Å². The average Bonchev–Trinajstić information content (AvgIpc) is 2.75. The van der Waals surface area contributed by atoms with Gasteiger partial charge in [0.2, 0.25) is 0 Å². The zero-order valence-corrected chi connectivity index (χ0v) is 12.4. The van der Waals surface area contributed by atoms with E-state index in [1.807, 2.05) is 0 Å². The zero-order valence-electron chi connectivity index (χ0n) is 12.4. The van der Waals surface area contributed by atoms with Crippen molar-refractivity contribution in [3.05, 3.63) is 35.6 Å². The van der Waals surface area contributed by atoms with E-state index in [1.165, 1.54) is 24.3 Å². The van der Waals surface area contributed by atoms with Crippen LogP contribution in [0.3, 0.4) is 0 Å². The number of Topliss-reactive ketones (excluding diaryl/α,β-unsaturated/α-hetero) is 1. The van der Waals surface area contributed by atoms with Gasteiger partial charge in [-0.3, -0.25) is 9.59 Å². The summed E-state index contributed by atoms with van der Waals surface area (Å²) in [5.41, 5.74) is 0.362. The van der Waals surface area contributed by atoms with E-state index >= 15 is 0 Å². The van der Waals surface area contributed by atoms with E-state index < -0.39 is 17.7 Å². The molecule has 1 unspecified atom stereocenters. The Hall–Kier alpha value is -1.79. The highest BCUT2D eigenvalue weighted by Gasteiger charge is 2.25. The maximum absolute atomic E-state index is 13.0. The number of carboxylic acid groups (broad SMARTS) is 1. The first-order valence-corrected chi connectivity index (χ1v) is 7.51. The zero-order chi connectivity index (χ0) is 15.9. The molecule has 2 rings (SSSR count). The van der Waals surface area contributed by atoms with Crippen LogP contribution in [0.15, 0.2) is 24.3 Å². The quantitative estimate of drug-likeness (QED) is 0.777. The molecule has 0 aliphatic carbocycles. The monoisotopic (exact) mass is 308 g/mol. The Balaban J connectivity index is 2.08. The van der Waals surface area contributed by atoms with Crippen molar-refractivity contribution < 1.29 is 19.1 Å². The fraction of sp³-hybridized carbons (Fsp3) is 0.500. The molecule has 1 aliphatic heterocycles. The third kappa shape index (κ3) is 4.89. The maximum Gasteiger partial charge on any atom is 0.304 e. The second-order valence-corrected chi connectivity index (χ2v) is 5.57. The largest absolute Gasteiger partial charge is 0.481 e. The minimum atomic E-state index is -0.992.